The minimum absolute atomic E-state index is 0.0390. The molecule has 40 valence electrons. The van der Waals surface area contributed by atoms with Crippen LogP contribution in [0.3, 0.4) is 0 Å². The van der Waals surface area contributed by atoms with E-state index in [1.807, 2.05) is 0 Å². The van der Waals surface area contributed by atoms with Crippen molar-refractivity contribution >= 4 is 15.6 Å². The fraction of sp³-hybridized carbons (Fsp3) is 1.00. The first-order valence-electron chi connectivity index (χ1n) is 3.01. The molecule has 1 heterocycles. The second kappa shape index (κ2) is 2.72. The summed E-state index contributed by atoms with van der Waals surface area (Å²) in [4.78, 5) is 0. The Morgan fingerprint density at radius 2 is 2.57 bits per heavy atom. The first-order valence-corrected chi connectivity index (χ1v) is 4.59. The van der Waals surface area contributed by atoms with Gasteiger partial charge in [-0.1, -0.05) is 11.7 Å². The summed E-state index contributed by atoms with van der Waals surface area (Å²) in [5.41, 5.74) is 0. The lowest BCUT2D eigenvalue weighted by Crippen LogP contribution is -2.16. The highest BCUT2D eigenvalue weighted by atomic mass is 27.1. The molecule has 0 spiro atoms. The van der Waals surface area contributed by atoms with E-state index in [1.54, 1.807) is 0 Å². The van der Waals surface area contributed by atoms with E-state index in [-0.39, 0.29) is 15.6 Å². The number of rotatable bonds is 0. The summed E-state index contributed by atoms with van der Waals surface area (Å²) >= 11 is -0.0390. The van der Waals surface area contributed by atoms with Crippen molar-refractivity contribution in [3.8, 4) is 0 Å². The molecule has 1 saturated heterocycles. The van der Waals surface area contributed by atoms with Crippen molar-refractivity contribution in [2.75, 3.05) is 0 Å². The fourth-order valence-corrected chi connectivity index (χ4v) is 2.13. The zero-order valence-electron chi connectivity index (χ0n) is 4.81. The first-order chi connectivity index (χ1) is 3.39. The molecule has 1 fully saturated rings. The summed E-state index contributed by atoms with van der Waals surface area (Å²) < 4.78 is 5.42. The Bertz CT molecular complexity index is 50.0. The third-order valence-corrected chi connectivity index (χ3v) is 3.00. The maximum Gasteiger partial charge on any atom is 0.435 e. The number of hydrogen-bond acceptors (Lipinski definition) is 1. The van der Waals surface area contributed by atoms with Gasteiger partial charge in [0.05, 0.1) is 0 Å². The molecule has 2 heteroatoms. The van der Waals surface area contributed by atoms with Gasteiger partial charge in [-0.2, -0.15) is 0 Å². The molecule has 1 nitrogen and oxygen atoms in total. The lowest BCUT2D eigenvalue weighted by atomic mass is 10.2. The highest BCUT2D eigenvalue weighted by Crippen LogP contribution is 2.09. The fourth-order valence-electron chi connectivity index (χ4n) is 0.902. The predicted molar refractivity (Wildman–Crippen MR) is 31.7 cm³/mol. The van der Waals surface area contributed by atoms with Gasteiger partial charge in [-0.05, 0) is 13.3 Å². The smallest absolute Gasteiger partial charge is 0.435 e. The van der Waals surface area contributed by atoms with Crippen molar-refractivity contribution in [1.29, 1.82) is 0 Å². The molecule has 0 aromatic heterocycles. The lowest BCUT2D eigenvalue weighted by Gasteiger charge is -2.17. The molecule has 0 N–H and O–H groups in total. The largest absolute Gasteiger partial charge is 0.501 e. The molecule has 7 heavy (non-hydrogen) atoms. The van der Waals surface area contributed by atoms with Gasteiger partial charge in [-0.15, -0.1) is 0 Å². The summed E-state index contributed by atoms with van der Waals surface area (Å²) in [5.74, 6) is 0. The highest BCUT2D eigenvalue weighted by Gasteiger charge is 2.08. The normalized spacial score (nSPS) is 31.9. The summed E-state index contributed by atoms with van der Waals surface area (Å²) in [6.07, 6.45) is 3.32. The molecule has 1 atom stereocenters. The maximum absolute atomic E-state index is 5.42. The average Bonchev–Trinajstić information content (AvgIpc) is 1.69. The third-order valence-electron chi connectivity index (χ3n) is 1.41. The summed E-state index contributed by atoms with van der Waals surface area (Å²) in [7, 11) is 0. The molecule has 0 saturated carbocycles. The van der Waals surface area contributed by atoms with E-state index in [0.717, 1.165) is 0 Å². The van der Waals surface area contributed by atoms with Crippen LogP contribution in [0.5, 0.6) is 0 Å². The van der Waals surface area contributed by atoms with E-state index < -0.39 is 0 Å². The van der Waals surface area contributed by atoms with Crippen molar-refractivity contribution in [1.82, 2.24) is 0 Å². The molecular formula is C5H11AlO. The SMILES string of the molecule is CC1CC[CH2][AlH][O]1. The Kier molecular flexibility index (Phi) is 2.18. The van der Waals surface area contributed by atoms with E-state index in [9.17, 15) is 0 Å². The molecule has 0 radical (unpaired) electrons. The molecule has 1 aliphatic heterocycles. The average molecular weight is 114 g/mol. The zero-order chi connectivity index (χ0) is 5.11. The second-order valence-electron chi connectivity index (χ2n) is 2.18. The van der Waals surface area contributed by atoms with Gasteiger partial charge >= 0.3 is 15.6 Å². The van der Waals surface area contributed by atoms with E-state index in [0.29, 0.717) is 6.10 Å². The summed E-state index contributed by atoms with van der Waals surface area (Å²) in [5, 5.41) is 1.41. The van der Waals surface area contributed by atoms with Gasteiger partial charge in [0.15, 0.2) is 0 Å². The lowest BCUT2D eigenvalue weighted by molar-refractivity contribution is 0.202. The number of hydrogen-bond donors (Lipinski definition) is 0. The Balaban J connectivity index is 2.12. The van der Waals surface area contributed by atoms with Gasteiger partial charge in [0.25, 0.3) is 0 Å². The van der Waals surface area contributed by atoms with Crippen molar-refractivity contribution in [3.05, 3.63) is 0 Å². The highest BCUT2D eigenvalue weighted by molar-refractivity contribution is 6.27. The Labute approximate surface area is 51.1 Å². The van der Waals surface area contributed by atoms with E-state index in [1.165, 1.54) is 18.1 Å². The molecule has 1 aliphatic rings. The molecule has 0 aromatic carbocycles. The third kappa shape index (κ3) is 1.82. The predicted octanol–water partition coefficient (Wildman–Crippen LogP) is 0.955. The van der Waals surface area contributed by atoms with Crippen molar-refractivity contribution in [2.45, 2.75) is 31.2 Å². The second-order valence-corrected chi connectivity index (χ2v) is 3.63. The topological polar surface area (TPSA) is 9.23 Å². The van der Waals surface area contributed by atoms with Crippen LogP contribution in [-0.2, 0) is 3.79 Å². The van der Waals surface area contributed by atoms with Gasteiger partial charge in [0, 0.05) is 6.10 Å². The van der Waals surface area contributed by atoms with Crippen molar-refractivity contribution in [2.24, 2.45) is 0 Å². The van der Waals surface area contributed by atoms with Crippen LogP contribution in [0.4, 0.5) is 0 Å². The van der Waals surface area contributed by atoms with E-state index in [4.69, 9.17) is 3.79 Å². The van der Waals surface area contributed by atoms with Gasteiger partial charge in [0.2, 0.25) is 0 Å². The van der Waals surface area contributed by atoms with Gasteiger partial charge in [-0.3, -0.25) is 0 Å². The molecule has 0 bridgehead atoms. The Morgan fingerprint density at radius 1 is 1.71 bits per heavy atom. The van der Waals surface area contributed by atoms with Crippen molar-refractivity contribution < 1.29 is 3.79 Å². The van der Waals surface area contributed by atoms with Crippen LogP contribution in [0, 0.1) is 0 Å². The molecule has 0 aromatic rings. The molecule has 0 amide bonds. The summed E-state index contributed by atoms with van der Waals surface area (Å²) in [6.45, 7) is 2.17. The van der Waals surface area contributed by atoms with Crippen molar-refractivity contribution in [3.63, 3.8) is 0 Å². The molecular weight excluding hydrogens is 103 g/mol. The quantitative estimate of drug-likeness (QED) is 0.426. The zero-order valence-corrected chi connectivity index (χ0v) is 6.23. The molecule has 1 rings (SSSR count). The Hall–Kier alpha value is 0.492. The molecule has 1 unspecified atom stereocenters. The van der Waals surface area contributed by atoms with Crippen LogP contribution in [-0.4, -0.2) is 21.7 Å². The van der Waals surface area contributed by atoms with E-state index >= 15 is 0 Å². The maximum atomic E-state index is 5.42. The van der Waals surface area contributed by atoms with Crippen LogP contribution in [0.25, 0.3) is 0 Å². The van der Waals surface area contributed by atoms with Crippen LogP contribution in [0.1, 0.15) is 19.8 Å². The van der Waals surface area contributed by atoms with Crippen LogP contribution in [0.2, 0.25) is 5.28 Å². The van der Waals surface area contributed by atoms with Gasteiger partial charge in [0.1, 0.15) is 0 Å². The van der Waals surface area contributed by atoms with Crippen LogP contribution < -0.4 is 0 Å². The van der Waals surface area contributed by atoms with Crippen LogP contribution in [0.15, 0.2) is 0 Å². The van der Waals surface area contributed by atoms with Gasteiger partial charge < -0.3 is 3.79 Å². The Morgan fingerprint density at radius 3 is 2.86 bits per heavy atom. The summed E-state index contributed by atoms with van der Waals surface area (Å²) in [6, 6.07) is 0. The minimum Gasteiger partial charge on any atom is -0.501 e. The van der Waals surface area contributed by atoms with Crippen LogP contribution >= 0.6 is 0 Å². The molecule has 0 aliphatic carbocycles. The monoisotopic (exact) mass is 114 g/mol. The van der Waals surface area contributed by atoms with Gasteiger partial charge in [-0.25, -0.2) is 0 Å². The minimum atomic E-state index is -0.0390. The first kappa shape index (κ1) is 5.63. The van der Waals surface area contributed by atoms with E-state index in [2.05, 4.69) is 6.92 Å². The standard InChI is InChI=1S/C5H10O.Al.H/c1-3-4-5(2)6;;/h5H,1,3-4H2,2H3;;/q-1;+1;.